The molecule has 0 saturated carbocycles. The van der Waals surface area contributed by atoms with Crippen molar-refractivity contribution in [3.63, 3.8) is 0 Å². The maximum absolute atomic E-state index is 10.9. The van der Waals surface area contributed by atoms with Crippen LogP contribution in [-0.4, -0.2) is 4.92 Å². The van der Waals surface area contributed by atoms with E-state index < -0.39 is 0 Å². The number of fused-ring (bicyclic) bond motifs is 3. The topological polar surface area (TPSA) is 55.2 Å². The van der Waals surface area contributed by atoms with Crippen molar-refractivity contribution < 1.29 is 4.92 Å². The number of non-ortho nitro benzene ring substituents is 1. The van der Waals surface area contributed by atoms with Gasteiger partial charge in [0.15, 0.2) is 0 Å². The van der Waals surface area contributed by atoms with Crippen molar-refractivity contribution in [1.29, 1.82) is 0 Å². The predicted molar refractivity (Wildman–Crippen MR) is 95.4 cm³/mol. The fourth-order valence-corrected chi connectivity index (χ4v) is 4.05. The minimum absolute atomic E-state index is 0.142. The summed E-state index contributed by atoms with van der Waals surface area (Å²) < 4.78 is 0. The molecule has 0 radical (unpaired) electrons. The van der Waals surface area contributed by atoms with Crippen LogP contribution in [0, 0.1) is 29.9 Å². The zero-order valence-corrected chi connectivity index (χ0v) is 13.8. The molecule has 1 aliphatic carbocycles. The lowest BCUT2D eigenvalue weighted by atomic mass is 9.76. The summed E-state index contributed by atoms with van der Waals surface area (Å²) >= 11 is 0. The Morgan fingerprint density at radius 2 is 1.88 bits per heavy atom. The number of aryl methyl sites for hydroxylation is 1. The molecule has 0 aromatic heterocycles. The number of nitro benzene ring substituents is 1. The highest BCUT2D eigenvalue weighted by Gasteiger charge is 2.38. The Kier molecular flexibility index (Phi) is 3.41. The third-order valence-electron chi connectivity index (χ3n) is 5.53. The molecule has 3 atom stereocenters. The number of nitrogens with one attached hydrogen (secondary N) is 1. The van der Waals surface area contributed by atoms with Gasteiger partial charge in [0.25, 0.3) is 5.69 Å². The SMILES string of the molecule is Cc1ccc2c(c1C)NC(c1ccc([N+](=O)[O-])cc1)C1CC=CC21. The minimum Gasteiger partial charge on any atom is -0.377 e. The number of anilines is 1. The maximum Gasteiger partial charge on any atom is 0.269 e. The molecule has 1 aliphatic heterocycles. The van der Waals surface area contributed by atoms with Crippen LogP contribution in [0.3, 0.4) is 0 Å². The molecule has 2 aliphatic rings. The van der Waals surface area contributed by atoms with Gasteiger partial charge in [-0.05, 0) is 48.4 Å². The van der Waals surface area contributed by atoms with E-state index in [2.05, 4.69) is 43.4 Å². The summed E-state index contributed by atoms with van der Waals surface area (Å²) in [6.45, 7) is 4.29. The molecule has 4 heteroatoms. The first-order valence-electron chi connectivity index (χ1n) is 8.34. The number of benzene rings is 2. The summed E-state index contributed by atoms with van der Waals surface area (Å²) in [4.78, 5) is 10.6. The molecule has 1 N–H and O–H groups in total. The molecule has 3 unspecified atom stereocenters. The lowest BCUT2D eigenvalue weighted by Crippen LogP contribution is -2.29. The summed E-state index contributed by atoms with van der Waals surface area (Å²) in [5, 5.41) is 14.6. The smallest absolute Gasteiger partial charge is 0.269 e. The number of hydrogen-bond acceptors (Lipinski definition) is 3. The standard InChI is InChI=1S/C20H20N2O2/c1-12-6-11-18-16-4-3-5-17(16)20(21-19(18)13(12)2)14-7-9-15(10-8-14)22(23)24/h3-4,6-11,16-17,20-21H,5H2,1-2H3. The molecule has 122 valence electrons. The van der Waals surface area contributed by atoms with Crippen molar-refractivity contribution >= 4 is 11.4 Å². The van der Waals surface area contributed by atoms with E-state index >= 15 is 0 Å². The van der Waals surface area contributed by atoms with Gasteiger partial charge < -0.3 is 5.32 Å². The first-order valence-corrected chi connectivity index (χ1v) is 8.34. The van der Waals surface area contributed by atoms with Gasteiger partial charge in [-0.1, -0.05) is 36.4 Å². The van der Waals surface area contributed by atoms with Crippen LogP contribution in [0.5, 0.6) is 0 Å². The van der Waals surface area contributed by atoms with E-state index in [0.717, 1.165) is 12.0 Å². The summed E-state index contributed by atoms with van der Waals surface area (Å²) in [6.07, 6.45) is 5.61. The summed E-state index contributed by atoms with van der Waals surface area (Å²) in [5.41, 5.74) is 6.43. The lowest BCUT2D eigenvalue weighted by molar-refractivity contribution is -0.384. The van der Waals surface area contributed by atoms with Crippen molar-refractivity contribution in [2.75, 3.05) is 5.32 Å². The van der Waals surface area contributed by atoms with Crippen molar-refractivity contribution in [3.8, 4) is 0 Å². The summed E-state index contributed by atoms with van der Waals surface area (Å²) in [6, 6.07) is 11.6. The third-order valence-corrected chi connectivity index (χ3v) is 5.53. The van der Waals surface area contributed by atoms with Crippen LogP contribution in [0.2, 0.25) is 0 Å². The van der Waals surface area contributed by atoms with Crippen LogP contribution in [0.15, 0.2) is 48.6 Å². The van der Waals surface area contributed by atoms with Crippen molar-refractivity contribution in [3.05, 3.63) is 80.9 Å². The Hall–Kier alpha value is -2.62. The van der Waals surface area contributed by atoms with Crippen LogP contribution < -0.4 is 5.32 Å². The second-order valence-electron chi connectivity index (χ2n) is 6.80. The molecule has 4 nitrogen and oxygen atoms in total. The van der Waals surface area contributed by atoms with Gasteiger partial charge in [-0.15, -0.1) is 0 Å². The number of nitrogens with zero attached hydrogens (tertiary/aromatic N) is 1. The zero-order valence-electron chi connectivity index (χ0n) is 13.8. The third kappa shape index (κ3) is 2.21. The zero-order chi connectivity index (χ0) is 16.8. The minimum atomic E-state index is -0.346. The molecule has 0 saturated heterocycles. The van der Waals surface area contributed by atoms with E-state index in [1.54, 1.807) is 12.1 Å². The van der Waals surface area contributed by atoms with E-state index in [9.17, 15) is 10.1 Å². The van der Waals surface area contributed by atoms with E-state index in [0.29, 0.717) is 11.8 Å². The van der Waals surface area contributed by atoms with Gasteiger partial charge >= 0.3 is 0 Å². The van der Waals surface area contributed by atoms with Gasteiger partial charge in [0.2, 0.25) is 0 Å². The van der Waals surface area contributed by atoms with E-state index in [1.165, 1.54) is 22.4 Å². The molecule has 0 bridgehead atoms. The Bertz CT molecular complexity index is 839. The van der Waals surface area contributed by atoms with Gasteiger partial charge in [-0.25, -0.2) is 0 Å². The largest absolute Gasteiger partial charge is 0.377 e. The molecular weight excluding hydrogens is 300 g/mol. The van der Waals surface area contributed by atoms with Crippen LogP contribution >= 0.6 is 0 Å². The van der Waals surface area contributed by atoms with E-state index in [-0.39, 0.29) is 16.7 Å². The Morgan fingerprint density at radius 3 is 2.58 bits per heavy atom. The van der Waals surface area contributed by atoms with E-state index in [4.69, 9.17) is 0 Å². The van der Waals surface area contributed by atoms with Crippen molar-refractivity contribution in [1.82, 2.24) is 0 Å². The summed E-state index contributed by atoms with van der Waals surface area (Å²) in [7, 11) is 0. The van der Waals surface area contributed by atoms with Crippen LogP contribution in [-0.2, 0) is 0 Å². The van der Waals surface area contributed by atoms with Crippen LogP contribution in [0.1, 0.15) is 40.6 Å². The monoisotopic (exact) mass is 320 g/mol. The van der Waals surface area contributed by atoms with Crippen LogP contribution in [0.25, 0.3) is 0 Å². The van der Waals surface area contributed by atoms with Gasteiger partial charge in [0, 0.05) is 23.7 Å². The first-order chi connectivity index (χ1) is 11.6. The first kappa shape index (κ1) is 14.9. The van der Waals surface area contributed by atoms with Crippen molar-refractivity contribution in [2.45, 2.75) is 32.2 Å². The number of nitro groups is 1. The van der Waals surface area contributed by atoms with Gasteiger partial charge in [-0.2, -0.15) is 0 Å². The van der Waals surface area contributed by atoms with Gasteiger partial charge in [0.1, 0.15) is 0 Å². The average molecular weight is 320 g/mol. The Morgan fingerprint density at radius 1 is 1.12 bits per heavy atom. The molecule has 2 aromatic carbocycles. The quantitative estimate of drug-likeness (QED) is 0.479. The average Bonchev–Trinajstić information content (AvgIpc) is 3.07. The van der Waals surface area contributed by atoms with E-state index in [1.807, 2.05) is 12.1 Å². The number of allylic oxidation sites excluding steroid dienone is 2. The summed E-state index contributed by atoms with van der Waals surface area (Å²) in [5.74, 6) is 0.877. The molecule has 0 spiro atoms. The fraction of sp³-hybridized carbons (Fsp3) is 0.300. The number of rotatable bonds is 2. The molecular formula is C20H20N2O2. The second-order valence-corrected chi connectivity index (χ2v) is 6.80. The molecule has 24 heavy (non-hydrogen) atoms. The van der Waals surface area contributed by atoms with Gasteiger partial charge in [0.05, 0.1) is 11.0 Å². The predicted octanol–water partition coefficient (Wildman–Crippen LogP) is 5.04. The fourth-order valence-electron chi connectivity index (χ4n) is 4.05. The molecule has 1 heterocycles. The van der Waals surface area contributed by atoms with Crippen molar-refractivity contribution in [2.24, 2.45) is 5.92 Å². The van der Waals surface area contributed by atoms with Crippen LogP contribution in [0.4, 0.5) is 11.4 Å². The molecule has 4 rings (SSSR count). The molecule has 0 fully saturated rings. The maximum atomic E-state index is 10.9. The highest BCUT2D eigenvalue weighted by Crippen LogP contribution is 2.50. The highest BCUT2D eigenvalue weighted by molar-refractivity contribution is 5.65. The normalized spacial score (nSPS) is 24.2. The van der Waals surface area contributed by atoms with Gasteiger partial charge in [-0.3, -0.25) is 10.1 Å². The lowest BCUT2D eigenvalue weighted by Gasteiger charge is -2.38. The Labute approximate surface area is 141 Å². The molecule has 0 amide bonds. The molecule has 2 aromatic rings. The number of hydrogen-bond donors (Lipinski definition) is 1. The Balaban J connectivity index is 1.77. The highest BCUT2D eigenvalue weighted by atomic mass is 16.6. The second kappa shape index (κ2) is 5.48.